The molecule has 1 N–H and O–H groups in total. The van der Waals surface area contributed by atoms with Crippen LogP contribution in [0.25, 0.3) is 0 Å². The third-order valence-electron chi connectivity index (χ3n) is 2.90. The molecule has 1 aromatic carbocycles. The summed E-state index contributed by atoms with van der Waals surface area (Å²) in [6, 6.07) is 8.22. The van der Waals surface area contributed by atoms with Crippen molar-refractivity contribution >= 4 is 28.1 Å². The molecular weight excluding hydrogens is 272 g/mol. The Morgan fingerprint density at radius 3 is 2.45 bits per heavy atom. The summed E-state index contributed by atoms with van der Waals surface area (Å²) in [5.41, 5.74) is 2.69. The highest BCUT2D eigenvalue weighted by Crippen LogP contribution is 2.26. The summed E-state index contributed by atoms with van der Waals surface area (Å²) in [5, 5.41) is 5.53. The number of aromatic nitrogens is 1. The van der Waals surface area contributed by atoms with Crippen LogP contribution in [0, 0.1) is 0 Å². The van der Waals surface area contributed by atoms with E-state index in [0.717, 1.165) is 5.69 Å². The fourth-order valence-electron chi connectivity index (χ4n) is 1.71. The Balaban J connectivity index is 2.10. The molecular formula is C15H18N2O2S. The topological polar surface area (TPSA) is 51.2 Å². The number of benzene rings is 1. The van der Waals surface area contributed by atoms with Crippen LogP contribution in [0.1, 0.15) is 36.8 Å². The van der Waals surface area contributed by atoms with E-state index in [1.165, 1.54) is 24.0 Å². The summed E-state index contributed by atoms with van der Waals surface area (Å²) in [6.45, 7) is 6.54. The number of hydrogen-bond donors (Lipinski definition) is 1. The van der Waals surface area contributed by atoms with Crippen molar-refractivity contribution in [2.45, 2.75) is 26.2 Å². The van der Waals surface area contributed by atoms with Gasteiger partial charge in [-0.2, -0.15) is 0 Å². The Bertz CT molecular complexity index is 597. The minimum absolute atomic E-state index is 0.137. The van der Waals surface area contributed by atoms with Crippen molar-refractivity contribution in [1.29, 1.82) is 0 Å². The second-order valence-corrected chi connectivity index (χ2v) is 6.34. The van der Waals surface area contributed by atoms with Crippen molar-refractivity contribution < 1.29 is 9.53 Å². The number of esters is 1. The van der Waals surface area contributed by atoms with E-state index in [0.29, 0.717) is 10.8 Å². The number of hydrogen-bond acceptors (Lipinski definition) is 5. The van der Waals surface area contributed by atoms with Crippen molar-refractivity contribution in [3.63, 3.8) is 0 Å². The van der Waals surface area contributed by atoms with E-state index in [4.69, 9.17) is 0 Å². The smallest absolute Gasteiger partial charge is 0.357 e. The van der Waals surface area contributed by atoms with Crippen LogP contribution in [0.2, 0.25) is 0 Å². The minimum Gasteiger partial charge on any atom is -0.464 e. The zero-order valence-corrected chi connectivity index (χ0v) is 12.9. The molecule has 0 aliphatic rings. The van der Waals surface area contributed by atoms with Gasteiger partial charge in [0.2, 0.25) is 0 Å². The zero-order chi connectivity index (χ0) is 14.8. The number of ether oxygens (including phenoxy) is 1. The van der Waals surface area contributed by atoms with Crippen molar-refractivity contribution in [2.75, 3.05) is 12.4 Å². The minimum atomic E-state index is -0.419. The standard InChI is InChI=1S/C15H18N2O2S/c1-15(2,3)10-5-7-11(8-6-10)16-14-17-12(9-20-14)13(18)19-4/h5-9H,1-4H3,(H,16,17). The molecule has 0 fully saturated rings. The van der Waals surface area contributed by atoms with E-state index >= 15 is 0 Å². The fourth-order valence-corrected chi connectivity index (χ4v) is 2.41. The molecule has 0 atom stereocenters. The highest BCUT2D eigenvalue weighted by atomic mass is 32.1. The molecule has 4 nitrogen and oxygen atoms in total. The van der Waals surface area contributed by atoms with E-state index in [1.807, 2.05) is 12.1 Å². The van der Waals surface area contributed by atoms with E-state index in [2.05, 4.69) is 47.9 Å². The normalized spacial score (nSPS) is 11.2. The maximum atomic E-state index is 11.3. The number of carbonyl (C=O) groups excluding carboxylic acids is 1. The summed E-state index contributed by atoms with van der Waals surface area (Å²) < 4.78 is 4.63. The molecule has 0 aliphatic carbocycles. The van der Waals surface area contributed by atoms with Crippen molar-refractivity contribution in [3.8, 4) is 0 Å². The Morgan fingerprint density at radius 2 is 1.90 bits per heavy atom. The molecule has 0 saturated carbocycles. The second-order valence-electron chi connectivity index (χ2n) is 5.48. The molecule has 0 spiro atoms. The fraction of sp³-hybridized carbons (Fsp3) is 0.333. The average Bonchev–Trinajstić information content (AvgIpc) is 2.86. The number of rotatable bonds is 3. The Kier molecular flexibility index (Phi) is 4.09. The number of methoxy groups -OCH3 is 1. The lowest BCUT2D eigenvalue weighted by Gasteiger charge is -2.19. The lowest BCUT2D eigenvalue weighted by molar-refractivity contribution is 0.0595. The van der Waals surface area contributed by atoms with Crippen LogP contribution in [0.15, 0.2) is 29.6 Å². The maximum Gasteiger partial charge on any atom is 0.357 e. The highest BCUT2D eigenvalue weighted by molar-refractivity contribution is 7.14. The van der Waals surface area contributed by atoms with E-state index in [1.54, 1.807) is 5.38 Å². The quantitative estimate of drug-likeness (QED) is 0.869. The molecule has 0 amide bonds. The van der Waals surface area contributed by atoms with Crippen LogP contribution in [-0.2, 0) is 10.2 Å². The number of anilines is 2. The molecule has 0 unspecified atom stereocenters. The maximum absolute atomic E-state index is 11.3. The molecule has 106 valence electrons. The number of thiazole rings is 1. The van der Waals surface area contributed by atoms with Crippen molar-refractivity contribution in [2.24, 2.45) is 0 Å². The van der Waals surface area contributed by atoms with E-state index < -0.39 is 5.97 Å². The Labute approximate surface area is 122 Å². The largest absolute Gasteiger partial charge is 0.464 e. The van der Waals surface area contributed by atoms with E-state index in [9.17, 15) is 4.79 Å². The monoisotopic (exact) mass is 290 g/mol. The van der Waals surface area contributed by atoms with Gasteiger partial charge in [-0.1, -0.05) is 32.9 Å². The molecule has 0 bridgehead atoms. The molecule has 2 rings (SSSR count). The summed E-state index contributed by atoms with van der Waals surface area (Å²) in [6.07, 6.45) is 0. The van der Waals surface area contributed by atoms with Gasteiger partial charge in [0, 0.05) is 11.1 Å². The second kappa shape index (κ2) is 5.63. The van der Waals surface area contributed by atoms with Gasteiger partial charge in [-0.3, -0.25) is 0 Å². The summed E-state index contributed by atoms with van der Waals surface area (Å²) in [4.78, 5) is 15.5. The lowest BCUT2D eigenvalue weighted by Crippen LogP contribution is -2.10. The van der Waals surface area contributed by atoms with Gasteiger partial charge in [-0.05, 0) is 23.1 Å². The van der Waals surface area contributed by atoms with Gasteiger partial charge in [0.1, 0.15) is 0 Å². The molecule has 1 aromatic heterocycles. The zero-order valence-electron chi connectivity index (χ0n) is 12.1. The van der Waals surface area contributed by atoms with Gasteiger partial charge < -0.3 is 10.1 Å². The van der Waals surface area contributed by atoms with Crippen molar-refractivity contribution in [3.05, 3.63) is 40.9 Å². The highest BCUT2D eigenvalue weighted by Gasteiger charge is 2.13. The molecule has 5 heteroatoms. The Morgan fingerprint density at radius 1 is 1.25 bits per heavy atom. The molecule has 0 saturated heterocycles. The van der Waals surface area contributed by atoms with Gasteiger partial charge in [-0.25, -0.2) is 9.78 Å². The van der Waals surface area contributed by atoms with Gasteiger partial charge in [0.15, 0.2) is 10.8 Å². The number of nitrogens with one attached hydrogen (secondary N) is 1. The first-order valence-electron chi connectivity index (χ1n) is 6.31. The Hall–Kier alpha value is -1.88. The average molecular weight is 290 g/mol. The van der Waals surface area contributed by atoms with Crippen LogP contribution >= 0.6 is 11.3 Å². The van der Waals surface area contributed by atoms with Crippen LogP contribution in [-0.4, -0.2) is 18.1 Å². The molecule has 2 aromatic rings. The molecule has 1 heterocycles. The van der Waals surface area contributed by atoms with Gasteiger partial charge in [-0.15, -0.1) is 11.3 Å². The van der Waals surface area contributed by atoms with Crippen LogP contribution in [0.5, 0.6) is 0 Å². The van der Waals surface area contributed by atoms with E-state index in [-0.39, 0.29) is 5.41 Å². The first kappa shape index (κ1) is 14.5. The van der Waals surface area contributed by atoms with Crippen molar-refractivity contribution in [1.82, 2.24) is 4.98 Å². The molecule has 0 aliphatic heterocycles. The predicted octanol–water partition coefficient (Wildman–Crippen LogP) is 3.97. The third kappa shape index (κ3) is 3.36. The SMILES string of the molecule is COC(=O)c1csc(Nc2ccc(C(C)(C)C)cc2)n1. The van der Waals surface area contributed by atoms with Gasteiger partial charge in [0.05, 0.1) is 7.11 Å². The van der Waals surface area contributed by atoms with Gasteiger partial charge >= 0.3 is 5.97 Å². The number of nitrogens with zero attached hydrogens (tertiary/aromatic N) is 1. The van der Waals surface area contributed by atoms with Crippen LogP contribution in [0.4, 0.5) is 10.8 Å². The summed E-state index contributed by atoms with van der Waals surface area (Å²) in [7, 11) is 1.35. The molecule has 0 radical (unpaired) electrons. The third-order valence-corrected chi connectivity index (χ3v) is 3.66. The summed E-state index contributed by atoms with van der Waals surface area (Å²) in [5.74, 6) is -0.419. The predicted molar refractivity (Wildman–Crippen MR) is 81.9 cm³/mol. The number of carbonyl (C=O) groups is 1. The summed E-state index contributed by atoms with van der Waals surface area (Å²) >= 11 is 1.37. The lowest BCUT2D eigenvalue weighted by atomic mass is 9.87. The molecule has 20 heavy (non-hydrogen) atoms. The first-order valence-corrected chi connectivity index (χ1v) is 7.19. The first-order chi connectivity index (χ1) is 9.40. The van der Waals surface area contributed by atoms with Gasteiger partial charge in [0.25, 0.3) is 0 Å². The van der Waals surface area contributed by atoms with Crippen LogP contribution in [0.3, 0.4) is 0 Å². The van der Waals surface area contributed by atoms with Crippen LogP contribution < -0.4 is 5.32 Å².